The molecular weight excluding hydrogens is 696 g/mol. The van der Waals surface area contributed by atoms with E-state index in [0.717, 1.165) is 96.3 Å². The second-order valence-corrected chi connectivity index (χ2v) is 14.4. The molecule has 54 heavy (non-hydrogen) atoms. The molecule has 12 nitrogen and oxygen atoms in total. The molecule has 0 rings (SSSR count). The molecule has 0 fully saturated rings. The summed E-state index contributed by atoms with van der Waals surface area (Å²) in [7, 11) is 20.0. The molecule has 0 heterocycles. The van der Waals surface area contributed by atoms with E-state index in [-0.39, 0.29) is 18.1 Å². The fourth-order valence-electron chi connectivity index (χ4n) is 8.18. The predicted octanol–water partition coefficient (Wildman–Crippen LogP) is 9.40. The summed E-state index contributed by atoms with van der Waals surface area (Å²) < 4.78 is 71.2. The number of methoxy groups -OCH3 is 12. The van der Waals surface area contributed by atoms with Crippen molar-refractivity contribution in [1.29, 1.82) is 0 Å². The molecule has 0 aliphatic carbocycles. The number of rotatable bonds is 40. The van der Waals surface area contributed by atoms with E-state index in [4.69, 9.17) is 56.8 Å². The Kier molecular flexibility index (Phi) is 31.2. The highest BCUT2D eigenvalue weighted by Crippen LogP contribution is 2.46. The van der Waals surface area contributed by atoms with Crippen LogP contribution in [-0.4, -0.2) is 121 Å². The normalized spacial score (nSPS) is 14.8. The zero-order chi connectivity index (χ0) is 40.8. The average molecular weight is 783 g/mol. The third kappa shape index (κ3) is 16.8. The van der Waals surface area contributed by atoms with Gasteiger partial charge in [0.1, 0.15) is 12.2 Å². The van der Waals surface area contributed by atoms with Gasteiger partial charge in [-0.1, -0.05) is 103 Å². The zero-order valence-corrected chi connectivity index (χ0v) is 37.2. The lowest BCUT2D eigenvalue weighted by molar-refractivity contribution is -0.381. The van der Waals surface area contributed by atoms with Gasteiger partial charge >= 0.3 is 0 Å². The van der Waals surface area contributed by atoms with Crippen molar-refractivity contribution in [3.8, 4) is 0 Å². The Labute approximate surface area is 331 Å². The van der Waals surface area contributed by atoms with Crippen molar-refractivity contribution < 1.29 is 56.8 Å². The van der Waals surface area contributed by atoms with Gasteiger partial charge in [-0.2, -0.15) is 0 Å². The van der Waals surface area contributed by atoms with Gasteiger partial charge in [-0.15, -0.1) is 0 Å². The van der Waals surface area contributed by atoms with Crippen molar-refractivity contribution >= 4 is 0 Å². The Morgan fingerprint density at radius 3 is 0.870 bits per heavy atom. The van der Waals surface area contributed by atoms with Crippen molar-refractivity contribution in [2.24, 2.45) is 5.92 Å². The van der Waals surface area contributed by atoms with Crippen molar-refractivity contribution in [2.45, 2.75) is 184 Å². The smallest absolute Gasteiger partial charge is 0.282 e. The second kappa shape index (κ2) is 31.5. The van der Waals surface area contributed by atoms with E-state index in [1.807, 2.05) is 0 Å². The van der Waals surface area contributed by atoms with Crippen molar-refractivity contribution in [3.05, 3.63) is 0 Å². The molecule has 0 radical (unpaired) electrons. The molecule has 0 aromatic rings. The van der Waals surface area contributed by atoms with Gasteiger partial charge in [0.2, 0.25) is 11.6 Å². The van der Waals surface area contributed by atoms with Crippen LogP contribution in [0, 0.1) is 5.92 Å². The Morgan fingerprint density at radius 2 is 0.593 bits per heavy atom. The first kappa shape index (κ1) is 53.5. The van der Waals surface area contributed by atoms with Gasteiger partial charge in [-0.3, -0.25) is 0 Å². The van der Waals surface area contributed by atoms with Crippen LogP contribution >= 0.6 is 0 Å². The van der Waals surface area contributed by atoms with Crippen LogP contribution in [0.15, 0.2) is 0 Å². The van der Waals surface area contributed by atoms with Gasteiger partial charge < -0.3 is 56.8 Å². The Hall–Kier alpha value is -0.480. The second-order valence-electron chi connectivity index (χ2n) is 14.4. The minimum Gasteiger partial charge on any atom is -0.376 e. The molecule has 2 unspecified atom stereocenters. The Balaban J connectivity index is 6.00. The number of hydrogen-bond donors (Lipinski definition) is 0. The van der Waals surface area contributed by atoms with E-state index in [2.05, 4.69) is 6.92 Å². The largest absolute Gasteiger partial charge is 0.376 e. The average Bonchev–Trinajstić information content (AvgIpc) is 3.21. The third-order valence-corrected chi connectivity index (χ3v) is 11.6. The van der Waals surface area contributed by atoms with Crippen LogP contribution in [0.1, 0.15) is 148 Å². The topological polar surface area (TPSA) is 111 Å². The standard InChI is InChI=1S/C42H86O12/c1-14-15-16-17-18-21-26-31-36(41(51-10,52-11)37(43-2)32-27-22-19-24-29-34-39(45-4,46-5)47-6)42(53-12,54-13)38(44-3)33-28-23-20-25-30-35-40(48-7,49-8)50-9/h36-38H,14-35H2,1-13H3. The van der Waals surface area contributed by atoms with Crippen LogP contribution in [0.2, 0.25) is 0 Å². The highest BCUT2D eigenvalue weighted by atomic mass is 16.9. The van der Waals surface area contributed by atoms with E-state index in [1.54, 1.807) is 85.3 Å². The molecule has 0 spiro atoms. The number of hydrogen-bond acceptors (Lipinski definition) is 12. The van der Waals surface area contributed by atoms with Gasteiger partial charge in [-0.05, 0) is 32.1 Å². The van der Waals surface area contributed by atoms with Crippen LogP contribution in [-0.2, 0) is 56.8 Å². The lowest BCUT2D eigenvalue weighted by atomic mass is 9.76. The first-order chi connectivity index (χ1) is 26.1. The number of ether oxygens (including phenoxy) is 12. The predicted molar refractivity (Wildman–Crippen MR) is 213 cm³/mol. The van der Waals surface area contributed by atoms with E-state index >= 15 is 0 Å². The summed E-state index contributed by atoms with van der Waals surface area (Å²) >= 11 is 0. The molecule has 0 aromatic carbocycles. The highest BCUT2D eigenvalue weighted by Gasteiger charge is 2.60. The maximum Gasteiger partial charge on any atom is 0.282 e. The van der Waals surface area contributed by atoms with Crippen LogP contribution in [0.25, 0.3) is 0 Å². The molecule has 0 saturated heterocycles. The lowest BCUT2D eigenvalue weighted by Crippen LogP contribution is -2.65. The quantitative estimate of drug-likeness (QED) is 0.0436. The van der Waals surface area contributed by atoms with E-state index in [9.17, 15) is 0 Å². The van der Waals surface area contributed by atoms with Crippen molar-refractivity contribution in [3.63, 3.8) is 0 Å². The van der Waals surface area contributed by atoms with Crippen LogP contribution < -0.4 is 0 Å². The molecule has 0 N–H and O–H groups in total. The summed E-state index contributed by atoms with van der Waals surface area (Å²) in [6.45, 7) is 2.25. The van der Waals surface area contributed by atoms with E-state index < -0.39 is 23.5 Å². The zero-order valence-electron chi connectivity index (χ0n) is 37.2. The van der Waals surface area contributed by atoms with Crippen LogP contribution in [0.4, 0.5) is 0 Å². The first-order valence-electron chi connectivity index (χ1n) is 20.7. The van der Waals surface area contributed by atoms with Crippen molar-refractivity contribution in [1.82, 2.24) is 0 Å². The molecule has 0 amide bonds. The third-order valence-electron chi connectivity index (χ3n) is 11.6. The first-order valence-corrected chi connectivity index (χ1v) is 20.7. The minimum absolute atomic E-state index is 0.351. The van der Waals surface area contributed by atoms with Gasteiger partial charge in [0, 0.05) is 98.2 Å². The monoisotopic (exact) mass is 783 g/mol. The summed E-state index contributed by atoms with van der Waals surface area (Å²) in [5, 5.41) is 0. The maximum absolute atomic E-state index is 6.48. The minimum atomic E-state index is -1.15. The summed E-state index contributed by atoms with van der Waals surface area (Å²) in [5.41, 5.74) is 0. The Morgan fingerprint density at radius 1 is 0.315 bits per heavy atom. The van der Waals surface area contributed by atoms with Gasteiger partial charge in [0.25, 0.3) is 11.9 Å². The fourth-order valence-corrected chi connectivity index (χ4v) is 8.18. The SMILES string of the molecule is CCCCCCCCCC(C(OC)(OC)C(CCCCCCCC(OC)(OC)OC)OC)C(OC)(OC)C(CCCCCCCC(OC)(OC)OC)OC. The van der Waals surface area contributed by atoms with Gasteiger partial charge in [-0.25, -0.2) is 0 Å². The molecule has 2 atom stereocenters. The molecule has 0 saturated carbocycles. The van der Waals surface area contributed by atoms with E-state index in [1.165, 1.54) is 32.1 Å². The maximum atomic E-state index is 6.48. The molecular formula is C42H86O12. The van der Waals surface area contributed by atoms with E-state index in [0.29, 0.717) is 12.8 Å². The summed E-state index contributed by atoms with van der Waals surface area (Å²) in [4.78, 5) is 0. The summed E-state index contributed by atoms with van der Waals surface area (Å²) in [6, 6.07) is 0. The molecule has 0 aliphatic heterocycles. The highest BCUT2D eigenvalue weighted by molar-refractivity contribution is 4.99. The van der Waals surface area contributed by atoms with Gasteiger partial charge in [0.05, 0.1) is 5.92 Å². The summed E-state index contributed by atoms with van der Waals surface area (Å²) in [5.74, 6) is -4.61. The molecule has 0 bridgehead atoms. The Bertz CT molecular complexity index is 756. The number of unbranched alkanes of at least 4 members (excludes halogenated alkanes) is 14. The van der Waals surface area contributed by atoms with Gasteiger partial charge in [0.15, 0.2) is 0 Å². The van der Waals surface area contributed by atoms with Crippen LogP contribution in [0.5, 0.6) is 0 Å². The molecule has 12 heteroatoms. The van der Waals surface area contributed by atoms with Crippen LogP contribution in [0.3, 0.4) is 0 Å². The molecule has 0 aromatic heterocycles. The lowest BCUT2D eigenvalue weighted by Gasteiger charge is -2.52. The summed E-state index contributed by atoms with van der Waals surface area (Å²) in [6.07, 6.45) is 21.2. The fraction of sp³-hybridized carbons (Fsp3) is 1.00. The molecule has 326 valence electrons. The molecule has 0 aliphatic rings. The van der Waals surface area contributed by atoms with Crippen molar-refractivity contribution in [2.75, 3.05) is 85.3 Å².